The summed E-state index contributed by atoms with van der Waals surface area (Å²) in [4.78, 5) is 0. The van der Waals surface area contributed by atoms with E-state index in [4.69, 9.17) is 0 Å². The van der Waals surface area contributed by atoms with E-state index in [1.807, 2.05) is 0 Å². The highest BCUT2D eigenvalue weighted by atomic mass is 14.4. The van der Waals surface area contributed by atoms with Crippen LogP contribution < -0.4 is 0 Å². The first-order valence-corrected chi connectivity index (χ1v) is 4.58. The van der Waals surface area contributed by atoms with Gasteiger partial charge in [-0.05, 0) is 37.0 Å². The zero-order chi connectivity index (χ0) is 8.65. The van der Waals surface area contributed by atoms with Crippen molar-refractivity contribution in [1.29, 1.82) is 0 Å². The fraction of sp³-hybridized carbons (Fsp3) is 0.818. The van der Waals surface area contributed by atoms with Gasteiger partial charge >= 0.3 is 0 Å². The third-order valence-corrected chi connectivity index (χ3v) is 2.97. The predicted octanol–water partition coefficient (Wildman–Crippen LogP) is 3.63. The molecule has 0 bridgehead atoms. The van der Waals surface area contributed by atoms with E-state index >= 15 is 0 Å². The van der Waals surface area contributed by atoms with Gasteiger partial charge in [0.05, 0.1) is 0 Å². The topological polar surface area (TPSA) is 0 Å². The second-order valence-electron chi connectivity index (χ2n) is 5.00. The van der Waals surface area contributed by atoms with Crippen molar-refractivity contribution < 1.29 is 0 Å². The summed E-state index contributed by atoms with van der Waals surface area (Å²) in [5, 5.41) is 0. The van der Waals surface area contributed by atoms with Crippen LogP contribution >= 0.6 is 0 Å². The van der Waals surface area contributed by atoms with Crippen LogP contribution in [0.1, 0.15) is 40.5 Å². The van der Waals surface area contributed by atoms with Crippen molar-refractivity contribution in [3.8, 4) is 0 Å². The third kappa shape index (κ3) is 1.85. The molecule has 1 fully saturated rings. The Balaban J connectivity index is 2.66. The van der Waals surface area contributed by atoms with Gasteiger partial charge in [0.15, 0.2) is 0 Å². The van der Waals surface area contributed by atoms with Crippen molar-refractivity contribution in [2.45, 2.75) is 40.5 Å². The molecule has 0 amide bonds. The highest BCUT2D eigenvalue weighted by molar-refractivity contribution is 5.04. The molecule has 2 atom stereocenters. The Morgan fingerprint density at radius 1 is 1.36 bits per heavy atom. The number of rotatable bonds is 1. The molecule has 1 saturated carbocycles. The summed E-state index contributed by atoms with van der Waals surface area (Å²) >= 11 is 0. The molecular weight excluding hydrogens is 132 g/mol. The molecule has 2 unspecified atom stereocenters. The molecule has 11 heavy (non-hydrogen) atoms. The molecule has 0 aliphatic heterocycles. The Morgan fingerprint density at radius 2 is 1.91 bits per heavy atom. The lowest BCUT2D eigenvalue weighted by molar-refractivity contribution is 0.364. The maximum atomic E-state index is 4.05. The van der Waals surface area contributed by atoms with Gasteiger partial charge in [0, 0.05) is 0 Å². The third-order valence-electron chi connectivity index (χ3n) is 2.97. The zero-order valence-electron chi connectivity index (χ0n) is 8.28. The average molecular weight is 152 g/mol. The van der Waals surface area contributed by atoms with E-state index in [0.717, 1.165) is 11.8 Å². The molecule has 0 aromatic rings. The minimum Gasteiger partial charge on any atom is -0.0999 e. The van der Waals surface area contributed by atoms with E-state index in [-0.39, 0.29) is 0 Å². The number of allylic oxidation sites excluding steroid dienone is 1. The monoisotopic (exact) mass is 152 g/mol. The van der Waals surface area contributed by atoms with E-state index in [9.17, 15) is 0 Å². The van der Waals surface area contributed by atoms with Crippen LogP contribution in [0.2, 0.25) is 0 Å². The Kier molecular flexibility index (Phi) is 2.13. The lowest BCUT2D eigenvalue weighted by atomic mass is 9.89. The van der Waals surface area contributed by atoms with E-state index in [1.165, 1.54) is 18.4 Å². The van der Waals surface area contributed by atoms with Crippen LogP contribution in [0, 0.1) is 17.3 Å². The number of hydrogen-bond donors (Lipinski definition) is 0. The Morgan fingerprint density at radius 3 is 2.09 bits per heavy atom. The minimum absolute atomic E-state index is 0.559. The molecule has 0 N–H and O–H groups in total. The van der Waals surface area contributed by atoms with Gasteiger partial charge in [-0.15, -0.1) is 0 Å². The summed E-state index contributed by atoms with van der Waals surface area (Å²) in [5.74, 6) is 1.63. The van der Waals surface area contributed by atoms with E-state index in [1.54, 1.807) is 0 Å². The lowest BCUT2D eigenvalue weighted by Crippen LogP contribution is -2.05. The van der Waals surface area contributed by atoms with Crippen molar-refractivity contribution in [2.75, 3.05) is 0 Å². The van der Waals surface area contributed by atoms with Crippen LogP contribution in [-0.2, 0) is 0 Å². The van der Waals surface area contributed by atoms with Gasteiger partial charge in [-0.25, -0.2) is 0 Å². The van der Waals surface area contributed by atoms with E-state index in [0.29, 0.717) is 5.41 Å². The first-order valence-electron chi connectivity index (χ1n) is 4.58. The fourth-order valence-corrected chi connectivity index (χ4v) is 2.55. The zero-order valence-corrected chi connectivity index (χ0v) is 8.28. The smallest absolute Gasteiger partial charge is 0.0178 e. The van der Waals surface area contributed by atoms with Crippen LogP contribution in [-0.4, -0.2) is 0 Å². The maximum Gasteiger partial charge on any atom is -0.0178 e. The molecular formula is C11H20. The molecule has 0 aromatic carbocycles. The van der Waals surface area contributed by atoms with Gasteiger partial charge < -0.3 is 0 Å². The molecule has 1 aliphatic carbocycles. The predicted molar refractivity (Wildman–Crippen MR) is 50.5 cm³/mol. The fourth-order valence-electron chi connectivity index (χ4n) is 2.55. The summed E-state index contributed by atoms with van der Waals surface area (Å²) < 4.78 is 0. The molecule has 0 nitrogen and oxygen atoms in total. The van der Waals surface area contributed by atoms with Gasteiger partial charge in [0.2, 0.25) is 0 Å². The van der Waals surface area contributed by atoms with Crippen molar-refractivity contribution in [3.63, 3.8) is 0 Å². The highest BCUT2D eigenvalue weighted by Crippen LogP contribution is 2.47. The summed E-state index contributed by atoms with van der Waals surface area (Å²) in [6.07, 6.45) is 2.70. The summed E-state index contributed by atoms with van der Waals surface area (Å²) in [5.41, 5.74) is 1.94. The molecule has 0 radical (unpaired) electrons. The first-order chi connectivity index (χ1) is 4.92. The standard InChI is InChI=1S/C11H20/c1-8(2)10-7-11(4,5)6-9(10)3/h9-10H,1,6-7H2,2-5H3. The first kappa shape index (κ1) is 8.83. The molecule has 0 saturated heterocycles. The molecule has 0 spiro atoms. The van der Waals surface area contributed by atoms with Crippen LogP contribution in [0.3, 0.4) is 0 Å². The normalized spacial score (nSPS) is 35.6. The van der Waals surface area contributed by atoms with Crippen molar-refractivity contribution in [3.05, 3.63) is 12.2 Å². The summed E-state index contributed by atoms with van der Waals surface area (Å²) in [6, 6.07) is 0. The second-order valence-corrected chi connectivity index (χ2v) is 5.00. The molecule has 1 aliphatic rings. The molecule has 1 rings (SSSR count). The van der Waals surface area contributed by atoms with E-state index in [2.05, 4.69) is 34.3 Å². The largest absolute Gasteiger partial charge is 0.0999 e. The molecule has 0 aromatic heterocycles. The van der Waals surface area contributed by atoms with Crippen LogP contribution in [0.4, 0.5) is 0 Å². The van der Waals surface area contributed by atoms with E-state index < -0.39 is 0 Å². The van der Waals surface area contributed by atoms with Crippen LogP contribution in [0.25, 0.3) is 0 Å². The Labute approximate surface area is 70.7 Å². The Hall–Kier alpha value is -0.260. The van der Waals surface area contributed by atoms with Crippen molar-refractivity contribution >= 4 is 0 Å². The SMILES string of the molecule is C=C(C)C1CC(C)(C)CC1C. The number of hydrogen-bond acceptors (Lipinski definition) is 0. The minimum atomic E-state index is 0.559. The van der Waals surface area contributed by atoms with Gasteiger partial charge in [0.1, 0.15) is 0 Å². The van der Waals surface area contributed by atoms with Crippen LogP contribution in [0.5, 0.6) is 0 Å². The average Bonchev–Trinajstić information content (AvgIpc) is 2.05. The van der Waals surface area contributed by atoms with Crippen LogP contribution in [0.15, 0.2) is 12.2 Å². The molecule has 0 heteroatoms. The maximum absolute atomic E-state index is 4.05. The van der Waals surface area contributed by atoms with Gasteiger partial charge in [0.25, 0.3) is 0 Å². The van der Waals surface area contributed by atoms with Gasteiger partial charge in [-0.1, -0.05) is 32.9 Å². The summed E-state index contributed by atoms with van der Waals surface area (Å²) in [6.45, 7) is 13.3. The van der Waals surface area contributed by atoms with Gasteiger partial charge in [-0.3, -0.25) is 0 Å². The lowest BCUT2D eigenvalue weighted by Gasteiger charge is -2.16. The highest BCUT2D eigenvalue weighted by Gasteiger charge is 2.36. The summed E-state index contributed by atoms with van der Waals surface area (Å²) in [7, 11) is 0. The van der Waals surface area contributed by atoms with Gasteiger partial charge in [-0.2, -0.15) is 0 Å². The van der Waals surface area contributed by atoms with Crippen molar-refractivity contribution in [2.24, 2.45) is 17.3 Å². The Bertz CT molecular complexity index is 165. The second kappa shape index (κ2) is 2.66. The quantitative estimate of drug-likeness (QED) is 0.503. The molecule has 0 heterocycles. The van der Waals surface area contributed by atoms with Crippen molar-refractivity contribution in [1.82, 2.24) is 0 Å². The molecule has 64 valence electrons.